The van der Waals surface area contributed by atoms with Gasteiger partial charge in [0.05, 0.1) is 15.7 Å². The number of aliphatic imine (C=N–C) groups is 1. The molecule has 3 aromatic carbocycles. The summed E-state index contributed by atoms with van der Waals surface area (Å²) < 4.78 is 5.79. The molecule has 0 amide bonds. The van der Waals surface area contributed by atoms with E-state index < -0.39 is 0 Å². The van der Waals surface area contributed by atoms with E-state index in [1.54, 1.807) is 18.3 Å². The summed E-state index contributed by atoms with van der Waals surface area (Å²) in [6.45, 7) is 4.45. The highest BCUT2D eigenvalue weighted by atomic mass is 35.5. The largest absolute Gasteiger partial charge is 0.486 e. The van der Waals surface area contributed by atoms with Crippen LogP contribution >= 0.6 is 34.8 Å². The third kappa shape index (κ3) is 5.26. The molecule has 0 saturated carbocycles. The lowest BCUT2D eigenvalue weighted by molar-refractivity contribution is 0.306. The molecule has 0 atom stereocenters. The van der Waals surface area contributed by atoms with E-state index in [0.29, 0.717) is 27.4 Å². The third-order valence-corrected chi connectivity index (χ3v) is 4.84. The van der Waals surface area contributed by atoms with Crippen LogP contribution in [0, 0.1) is 13.8 Å². The Bertz CT molecular complexity index is 958. The van der Waals surface area contributed by atoms with Crippen molar-refractivity contribution >= 4 is 46.7 Å². The highest BCUT2D eigenvalue weighted by Gasteiger charge is 2.10. The summed E-state index contributed by atoms with van der Waals surface area (Å²) >= 11 is 18.6. The van der Waals surface area contributed by atoms with Crippen LogP contribution in [-0.2, 0) is 6.61 Å². The van der Waals surface area contributed by atoms with Crippen molar-refractivity contribution in [1.82, 2.24) is 0 Å². The topological polar surface area (TPSA) is 21.6 Å². The summed E-state index contributed by atoms with van der Waals surface area (Å²) in [7, 11) is 0. The molecule has 0 aliphatic rings. The fraction of sp³-hybridized carbons (Fsp3) is 0.136. The molecule has 3 aromatic rings. The van der Waals surface area contributed by atoms with Crippen molar-refractivity contribution in [3.8, 4) is 5.75 Å². The van der Waals surface area contributed by atoms with Crippen molar-refractivity contribution in [2.75, 3.05) is 0 Å². The van der Waals surface area contributed by atoms with Gasteiger partial charge in [-0.1, -0.05) is 64.6 Å². The van der Waals surface area contributed by atoms with Crippen molar-refractivity contribution in [1.29, 1.82) is 0 Å². The molecule has 2 nitrogen and oxygen atoms in total. The van der Waals surface area contributed by atoms with Gasteiger partial charge in [0.15, 0.2) is 5.75 Å². The van der Waals surface area contributed by atoms with Crippen LogP contribution < -0.4 is 4.74 Å². The van der Waals surface area contributed by atoms with Gasteiger partial charge in [0.1, 0.15) is 6.61 Å². The first kappa shape index (κ1) is 19.8. The lowest BCUT2D eigenvalue weighted by Crippen LogP contribution is -1.97. The number of ether oxygens (including phenoxy) is 1. The maximum Gasteiger partial charge on any atom is 0.157 e. The van der Waals surface area contributed by atoms with Crippen molar-refractivity contribution in [2.24, 2.45) is 4.99 Å². The zero-order valence-electron chi connectivity index (χ0n) is 15.0. The molecule has 5 heteroatoms. The van der Waals surface area contributed by atoms with E-state index in [1.807, 2.05) is 43.3 Å². The Morgan fingerprint density at radius 3 is 2.19 bits per heavy atom. The Balaban J connectivity index is 1.75. The fourth-order valence-electron chi connectivity index (χ4n) is 2.62. The number of aryl methyl sites for hydroxylation is 2. The molecule has 0 saturated heterocycles. The van der Waals surface area contributed by atoms with Gasteiger partial charge in [-0.25, -0.2) is 0 Å². The van der Waals surface area contributed by atoms with E-state index in [-0.39, 0.29) is 0 Å². The minimum absolute atomic E-state index is 0.354. The van der Waals surface area contributed by atoms with Crippen LogP contribution in [0.1, 0.15) is 22.3 Å². The minimum atomic E-state index is 0.354. The van der Waals surface area contributed by atoms with Gasteiger partial charge in [-0.3, -0.25) is 4.99 Å². The van der Waals surface area contributed by atoms with Crippen LogP contribution in [0.3, 0.4) is 0 Å². The summed E-state index contributed by atoms with van der Waals surface area (Å²) in [4.78, 5) is 4.54. The fourth-order valence-corrected chi connectivity index (χ4v) is 3.36. The molecule has 0 aliphatic heterocycles. The van der Waals surface area contributed by atoms with Crippen LogP contribution in [0.25, 0.3) is 0 Å². The van der Waals surface area contributed by atoms with Gasteiger partial charge in [-0.15, -0.1) is 0 Å². The van der Waals surface area contributed by atoms with Crippen LogP contribution in [0.2, 0.25) is 15.1 Å². The summed E-state index contributed by atoms with van der Waals surface area (Å²) in [6, 6.07) is 17.1. The molecule has 0 N–H and O–H groups in total. The highest BCUT2D eigenvalue weighted by molar-refractivity contribution is 6.37. The molecule has 0 unspecified atom stereocenters. The second-order valence-electron chi connectivity index (χ2n) is 6.28. The average Bonchev–Trinajstić information content (AvgIpc) is 2.62. The van der Waals surface area contributed by atoms with Gasteiger partial charge in [0, 0.05) is 11.2 Å². The van der Waals surface area contributed by atoms with Crippen LogP contribution in [0.5, 0.6) is 5.75 Å². The second kappa shape index (κ2) is 8.79. The van der Waals surface area contributed by atoms with Gasteiger partial charge in [0.2, 0.25) is 0 Å². The smallest absolute Gasteiger partial charge is 0.157 e. The molecule has 27 heavy (non-hydrogen) atoms. The first-order valence-electron chi connectivity index (χ1n) is 8.40. The van der Waals surface area contributed by atoms with Crippen LogP contribution in [-0.4, -0.2) is 6.21 Å². The molecule has 0 bridgehead atoms. The maximum absolute atomic E-state index is 6.37. The predicted octanol–water partition coefficient (Wildman–Crippen LogP) is 7.59. The number of hydrogen-bond donors (Lipinski definition) is 0. The van der Waals surface area contributed by atoms with Crippen molar-refractivity contribution in [3.05, 3.63) is 91.9 Å². The molecule has 0 spiro atoms. The lowest BCUT2D eigenvalue weighted by Gasteiger charge is -2.11. The quantitative estimate of drug-likeness (QED) is 0.391. The summed E-state index contributed by atoms with van der Waals surface area (Å²) in [6.07, 6.45) is 1.75. The van der Waals surface area contributed by atoms with E-state index in [9.17, 15) is 0 Å². The molecule has 3 rings (SSSR count). The predicted molar refractivity (Wildman–Crippen MR) is 115 cm³/mol. The van der Waals surface area contributed by atoms with Gasteiger partial charge in [0.25, 0.3) is 0 Å². The molecule has 0 aliphatic carbocycles. The number of benzene rings is 3. The number of nitrogens with zero attached hydrogens (tertiary/aromatic N) is 1. The van der Waals surface area contributed by atoms with E-state index in [1.165, 1.54) is 5.56 Å². The van der Waals surface area contributed by atoms with Gasteiger partial charge >= 0.3 is 0 Å². The highest BCUT2D eigenvalue weighted by Crippen LogP contribution is 2.34. The van der Waals surface area contributed by atoms with Crippen LogP contribution in [0.4, 0.5) is 5.69 Å². The first-order chi connectivity index (χ1) is 12.9. The van der Waals surface area contributed by atoms with Gasteiger partial charge in [-0.05, 0) is 60.9 Å². The Morgan fingerprint density at radius 2 is 1.56 bits per heavy atom. The molecule has 138 valence electrons. The van der Waals surface area contributed by atoms with E-state index >= 15 is 0 Å². The van der Waals surface area contributed by atoms with E-state index in [0.717, 1.165) is 22.4 Å². The Hall–Kier alpha value is -2.00. The third-order valence-electron chi connectivity index (χ3n) is 4.02. The normalized spacial score (nSPS) is 11.1. The Morgan fingerprint density at radius 1 is 0.889 bits per heavy atom. The van der Waals surface area contributed by atoms with E-state index in [4.69, 9.17) is 39.5 Å². The standard InChI is InChI=1S/C22H18Cl3NO/c1-14-3-8-21(15(2)9-14)26-12-17-10-19(24)22(20(25)11-17)27-13-16-4-6-18(23)7-5-16/h3-12H,13H2,1-2H3. The van der Waals surface area contributed by atoms with Gasteiger partial charge < -0.3 is 4.74 Å². The maximum atomic E-state index is 6.37. The van der Waals surface area contributed by atoms with E-state index in [2.05, 4.69) is 18.0 Å². The second-order valence-corrected chi connectivity index (χ2v) is 7.53. The lowest BCUT2D eigenvalue weighted by atomic mass is 10.1. The molecule has 0 radical (unpaired) electrons. The number of rotatable bonds is 5. The van der Waals surface area contributed by atoms with Crippen molar-refractivity contribution in [2.45, 2.75) is 20.5 Å². The monoisotopic (exact) mass is 417 g/mol. The van der Waals surface area contributed by atoms with Crippen LogP contribution in [0.15, 0.2) is 59.6 Å². The molecule has 0 fully saturated rings. The van der Waals surface area contributed by atoms with Gasteiger partial charge in [-0.2, -0.15) is 0 Å². The summed E-state index contributed by atoms with van der Waals surface area (Å²) in [5.74, 6) is 0.456. The number of halogens is 3. The Kier molecular flexibility index (Phi) is 6.43. The number of hydrogen-bond acceptors (Lipinski definition) is 2. The molecular weight excluding hydrogens is 401 g/mol. The molecular formula is C22H18Cl3NO. The van der Waals surface area contributed by atoms with Crippen molar-refractivity contribution < 1.29 is 4.74 Å². The average molecular weight is 419 g/mol. The minimum Gasteiger partial charge on any atom is -0.486 e. The SMILES string of the molecule is Cc1ccc(N=Cc2cc(Cl)c(OCc3ccc(Cl)cc3)c(Cl)c2)c(C)c1. The first-order valence-corrected chi connectivity index (χ1v) is 9.53. The zero-order chi connectivity index (χ0) is 19.4. The van der Waals surface area contributed by atoms with Crippen molar-refractivity contribution in [3.63, 3.8) is 0 Å². The Labute approximate surface area is 174 Å². The summed E-state index contributed by atoms with van der Waals surface area (Å²) in [5, 5.41) is 1.57. The molecule has 0 aromatic heterocycles. The molecule has 0 heterocycles. The zero-order valence-corrected chi connectivity index (χ0v) is 17.2. The summed E-state index contributed by atoms with van der Waals surface area (Å²) in [5.41, 5.74) is 5.03.